The molecule has 1 aliphatic heterocycles. The number of anilines is 2. The first-order chi connectivity index (χ1) is 13.1. The Bertz CT molecular complexity index is 1030. The normalized spacial score (nSPS) is 12.0. The molecule has 0 saturated heterocycles. The summed E-state index contributed by atoms with van der Waals surface area (Å²) in [5.41, 5.74) is 3.57. The number of aryl methyl sites for hydroxylation is 1. The van der Waals surface area contributed by atoms with Crippen LogP contribution in [-0.4, -0.2) is 32.3 Å². The van der Waals surface area contributed by atoms with E-state index in [1.807, 2.05) is 31.4 Å². The maximum absolute atomic E-state index is 12.2. The fourth-order valence-electron chi connectivity index (χ4n) is 2.94. The van der Waals surface area contributed by atoms with Crippen molar-refractivity contribution in [2.75, 3.05) is 11.9 Å². The van der Waals surface area contributed by atoms with E-state index >= 15 is 0 Å². The van der Waals surface area contributed by atoms with E-state index in [9.17, 15) is 4.79 Å². The Balaban J connectivity index is 1.75. The molecule has 3 heterocycles. The van der Waals surface area contributed by atoms with E-state index in [2.05, 4.69) is 20.4 Å². The molecule has 2 aromatic heterocycles. The molecule has 0 radical (unpaired) electrons. The zero-order valence-corrected chi connectivity index (χ0v) is 15.4. The first-order valence-electron chi connectivity index (χ1n) is 8.32. The van der Waals surface area contributed by atoms with Crippen molar-refractivity contribution in [3.8, 4) is 17.0 Å². The van der Waals surface area contributed by atoms with Gasteiger partial charge in [0.2, 0.25) is 5.28 Å². The first kappa shape index (κ1) is 17.3. The second kappa shape index (κ2) is 6.88. The molecule has 0 aliphatic carbocycles. The Hall–Kier alpha value is -3.13. The second-order valence-corrected chi connectivity index (χ2v) is 6.23. The predicted octanol–water partition coefficient (Wildman–Crippen LogP) is 3.34. The van der Waals surface area contributed by atoms with Crippen LogP contribution in [0.25, 0.3) is 11.3 Å². The summed E-state index contributed by atoms with van der Waals surface area (Å²) >= 11 is 5.92. The summed E-state index contributed by atoms with van der Waals surface area (Å²) in [6, 6.07) is 5.64. The van der Waals surface area contributed by atoms with Crippen LogP contribution in [0.1, 0.15) is 22.8 Å². The minimum Gasteiger partial charge on any atom is -0.486 e. The predicted molar refractivity (Wildman–Crippen MR) is 99.3 cm³/mol. The van der Waals surface area contributed by atoms with Crippen LogP contribution in [0.5, 0.6) is 5.75 Å². The summed E-state index contributed by atoms with van der Waals surface area (Å²) in [5, 5.41) is 7.65. The zero-order chi connectivity index (χ0) is 19.0. The van der Waals surface area contributed by atoms with Crippen LogP contribution in [0.3, 0.4) is 0 Å². The topological polar surface area (TPSA) is 91.2 Å². The van der Waals surface area contributed by atoms with Gasteiger partial charge in [0.15, 0.2) is 5.75 Å². The van der Waals surface area contributed by atoms with Crippen LogP contribution in [0.4, 0.5) is 11.5 Å². The number of ether oxygens (including phenoxy) is 2. The maximum Gasteiger partial charge on any atom is 0.343 e. The zero-order valence-electron chi connectivity index (χ0n) is 14.7. The number of esters is 1. The van der Waals surface area contributed by atoms with Gasteiger partial charge in [-0.25, -0.2) is 9.78 Å². The second-order valence-electron chi connectivity index (χ2n) is 5.89. The van der Waals surface area contributed by atoms with Gasteiger partial charge in [0.1, 0.15) is 23.7 Å². The maximum atomic E-state index is 12.2. The number of carbonyl (C=O) groups is 1. The van der Waals surface area contributed by atoms with Crippen molar-refractivity contribution in [2.24, 2.45) is 7.05 Å². The van der Waals surface area contributed by atoms with Crippen LogP contribution < -0.4 is 10.1 Å². The van der Waals surface area contributed by atoms with Gasteiger partial charge in [-0.05, 0) is 30.7 Å². The van der Waals surface area contributed by atoms with Gasteiger partial charge in [-0.3, -0.25) is 4.68 Å². The quantitative estimate of drug-likeness (QED) is 0.544. The summed E-state index contributed by atoms with van der Waals surface area (Å²) in [6.07, 6.45) is 3.27. The molecule has 8 nitrogen and oxygen atoms in total. The summed E-state index contributed by atoms with van der Waals surface area (Å²) in [4.78, 5) is 20.2. The van der Waals surface area contributed by atoms with Crippen LogP contribution >= 0.6 is 11.6 Å². The SMILES string of the molecule is CCOC(=O)c1cnc(Cl)nc1Nc1cccc2c1OCc1cn(C)nc1-2. The molecule has 0 atom stereocenters. The molecule has 0 fully saturated rings. The molecule has 3 aromatic rings. The van der Waals surface area contributed by atoms with Gasteiger partial charge >= 0.3 is 5.97 Å². The van der Waals surface area contributed by atoms with Crippen LogP contribution in [0.15, 0.2) is 30.6 Å². The van der Waals surface area contributed by atoms with Crippen molar-refractivity contribution < 1.29 is 14.3 Å². The number of rotatable bonds is 4. The van der Waals surface area contributed by atoms with E-state index < -0.39 is 5.97 Å². The Morgan fingerprint density at radius 2 is 2.30 bits per heavy atom. The van der Waals surface area contributed by atoms with Gasteiger partial charge in [-0.2, -0.15) is 10.1 Å². The molecule has 0 unspecified atom stereocenters. The van der Waals surface area contributed by atoms with Gasteiger partial charge < -0.3 is 14.8 Å². The number of hydrogen-bond acceptors (Lipinski definition) is 7. The summed E-state index contributed by atoms with van der Waals surface area (Å²) in [6.45, 7) is 2.38. The molecule has 27 heavy (non-hydrogen) atoms. The third-order valence-corrected chi connectivity index (χ3v) is 4.24. The standard InChI is InChI=1S/C18H16ClN5O3/c1-3-26-17(25)12-7-20-18(19)22-16(12)21-13-6-4-5-11-14-10(8-24(2)23-14)9-27-15(11)13/h4-8H,3,9H2,1-2H3,(H,20,21,22). The lowest BCUT2D eigenvalue weighted by Gasteiger charge is -2.20. The number of halogens is 1. The highest BCUT2D eigenvalue weighted by atomic mass is 35.5. The summed E-state index contributed by atoms with van der Waals surface area (Å²) < 4.78 is 12.8. The number of hydrogen-bond donors (Lipinski definition) is 1. The largest absolute Gasteiger partial charge is 0.486 e. The molecule has 4 rings (SSSR count). The van der Waals surface area contributed by atoms with Gasteiger partial charge in [-0.15, -0.1) is 0 Å². The van der Waals surface area contributed by atoms with E-state index in [4.69, 9.17) is 21.1 Å². The third-order valence-electron chi connectivity index (χ3n) is 4.05. The number of fused-ring (bicyclic) bond motifs is 3. The number of aromatic nitrogens is 4. The van der Waals surface area contributed by atoms with Crippen molar-refractivity contribution in [1.29, 1.82) is 0 Å². The Kier molecular flexibility index (Phi) is 4.41. The van der Waals surface area contributed by atoms with E-state index in [0.717, 1.165) is 16.8 Å². The number of para-hydroxylation sites is 1. The molecular weight excluding hydrogens is 370 g/mol. The number of nitrogens with zero attached hydrogens (tertiary/aromatic N) is 4. The van der Waals surface area contributed by atoms with E-state index in [0.29, 0.717) is 18.0 Å². The molecule has 1 N–H and O–H groups in total. The lowest BCUT2D eigenvalue weighted by atomic mass is 10.0. The molecule has 138 valence electrons. The van der Waals surface area contributed by atoms with Crippen molar-refractivity contribution in [1.82, 2.24) is 19.7 Å². The molecule has 1 aromatic carbocycles. The van der Waals surface area contributed by atoms with Crippen LogP contribution in [0, 0.1) is 0 Å². The van der Waals surface area contributed by atoms with E-state index in [1.54, 1.807) is 11.6 Å². The molecule has 0 bridgehead atoms. The molecule has 0 saturated carbocycles. The fourth-order valence-corrected chi connectivity index (χ4v) is 3.07. The lowest BCUT2D eigenvalue weighted by molar-refractivity contribution is 0.0526. The van der Waals surface area contributed by atoms with E-state index in [1.165, 1.54) is 6.20 Å². The highest BCUT2D eigenvalue weighted by Crippen LogP contribution is 2.42. The Labute approximate surface area is 160 Å². The summed E-state index contributed by atoms with van der Waals surface area (Å²) in [7, 11) is 1.87. The number of carbonyl (C=O) groups excluding carboxylic acids is 1. The van der Waals surface area contributed by atoms with Crippen molar-refractivity contribution in [2.45, 2.75) is 13.5 Å². The molecule has 1 aliphatic rings. The van der Waals surface area contributed by atoms with Gasteiger partial charge in [0.25, 0.3) is 0 Å². The minimum absolute atomic E-state index is 0.0169. The van der Waals surface area contributed by atoms with Crippen LogP contribution in [-0.2, 0) is 18.4 Å². The fraction of sp³-hybridized carbons (Fsp3) is 0.222. The average molecular weight is 386 g/mol. The van der Waals surface area contributed by atoms with Gasteiger partial charge in [-0.1, -0.05) is 6.07 Å². The lowest BCUT2D eigenvalue weighted by Crippen LogP contribution is -2.12. The Morgan fingerprint density at radius 3 is 3.11 bits per heavy atom. The van der Waals surface area contributed by atoms with Gasteiger partial charge in [0.05, 0.1) is 12.3 Å². The molecule has 0 spiro atoms. The van der Waals surface area contributed by atoms with Crippen molar-refractivity contribution in [3.63, 3.8) is 0 Å². The van der Waals surface area contributed by atoms with Gasteiger partial charge in [0, 0.05) is 30.6 Å². The highest BCUT2D eigenvalue weighted by molar-refractivity contribution is 6.28. The van der Waals surface area contributed by atoms with E-state index in [-0.39, 0.29) is 23.3 Å². The van der Waals surface area contributed by atoms with Crippen molar-refractivity contribution in [3.05, 3.63) is 47.0 Å². The first-order valence-corrected chi connectivity index (χ1v) is 8.70. The number of benzene rings is 1. The monoisotopic (exact) mass is 385 g/mol. The molecular formula is C18H16ClN5O3. The molecule has 0 amide bonds. The van der Waals surface area contributed by atoms with Crippen LogP contribution in [0.2, 0.25) is 5.28 Å². The number of nitrogens with one attached hydrogen (secondary N) is 1. The molecule has 9 heteroatoms. The smallest absolute Gasteiger partial charge is 0.343 e. The van der Waals surface area contributed by atoms with Crippen molar-refractivity contribution >= 4 is 29.1 Å². The summed E-state index contributed by atoms with van der Waals surface area (Å²) in [5.74, 6) is 0.347. The third kappa shape index (κ3) is 3.19. The average Bonchev–Trinajstić information content (AvgIpc) is 3.03. The highest BCUT2D eigenvalue weighted by Gasteiger charge is 2.24. The minimum atomic E-state index is -0.533. The Morgan fingerprint density at radius 1 is 1.44 bits per heavy atom.